The van der Waals surface area contributed by atoms with Crippen LogP contribution in [0.1, 0.15) is 12.0 Å². The largest absolute Gasteiger partial charge is 0.457 e. The van der Waals surface area contributed by atoms with E-state index in [1.54, 1.807) is 41.9 Å². The highest BCUT2D eigenvalue weighted by molar-refractivity contribution is 5.89. The van der Waals surface area contributed by atoms with Crippen molar-refractivity contribution in [1.82, 2.24) is 34.4 Å². The van der Waals surface area contributed by atoms with Crippen LogP contribution in [0.3, 0.4) is 0 Å². The van der Waals surface area contributed by atoms with E-state index in [2.05, 4.69) is 36.8 Å². The van der Waals surface area contributed by atoms with Crippen molar-refractivity contribution < 1.29 is 13.9 Å². The number of halogens is 1. The topological polar surface area (TPSA) is 114 Å². The lowest BCUT2D eigenvalue weighted by atomic mass is 10.00. The van der Waals surface area contributed by atoms with Crippen LogP contribution < -0.4 is 15.0 Å². The lowest BCUT2D eigenvalue weighted by Gasteiger charge is -2.33. The molecule has 7 rings (SSSR count). The molecule has 11 nitrogen and oxygen atoms in total. The van der Waals surface area contributed by atoms with Crippen LogP contribution in [-0.2, 0) is 4.79 Å². The number of carbonyl (C=O) groups is 1. The molecule has 1 N–H and O–H groups in total. The van der Waals surface area contributed by atoms with Crippen molar-refractivity contribution in [3.63, 3.8) is 0 Å². The Morgan fingerprint density at radius 2 is 2.02 bits per heavy atom. The van der Waals surface area contributed by atoms with E-state index in [9.17, 15) is 4.79 Å². The van der Waals surface area contributed by atoms with Crippen LogP contribution in [0.4, 0.5) is 21.7 Å². The number of ether oxygens (including phenoxy) is 1. The molecule has 0 spiro atoms. The first-order chi connectivity index (χ1) is 20.0. The number of anilines is 3. The normalized spacial score (nSPS) is 18.2. The first kappa shape index (κ1) is 24.9. The first-order valence-corrected chi connectivity index (χ1v) is 13.3. The van der Waals surface area contributed by atoms with Crippen molar-refractivity contribution in [2.45, 2.75) is 19.4 Å². The van der Waals surface area contributed by atoms with Gasteiger partial charge in [-0.2, -0.15) is 5.10 Å². The Hall–Kier alpha value is -5.13. The van der Waals surface area contributed by atoms with Gasteiger partial charge in [-0.05, 0) is 55.7 Å². The third-order valence-electron chi connectivity index (χ3n) is 7.73. The fourth-order valence-electron chi connectivity index (χ4n) is 5.72. The number of hydrogen-bond donors (Lipinski definition) is 1. The highest BCUT2D eigenvalue weighted by Crippen LogP contribution is 2.35. The maximum Gasteiger partial charge on any atom is 0.246 e. The molecule has 2 saturated heterocycles. The molecule has 2 aliphatic heterocycles. The number of benzene rings is 1. The van der Waals surface area contributed by atoms with E-state index < -0.39 is 5.82 Å². The highest BCUT2D eigenvalue weighted by atomic mass is 19.1. The molecule has 0 unspecified atom stereocenters. The molecule has 5 aromatic rings. The van der Waals surface area contributed by atoms with Gasteiger partial charge in [-0.3, -0.25) is 4.79 Å². The van der Waals surface area contributed by atoms with Gasteiger partial charge < -0.3 is 19.9 Å². The van der Waals surface area contributed by atoms with Crippen LogP contribution in [0.15, 0.2) is 67.9 Å². The summed E-state index contributed by atoms with van der Waals surface area (Å²) in [4.78, 5) is 34.2. The molecule has 4 aromatic heterocycles. The monoisotopic (exact) mass is 551 g/mol. The third-order valence-corrected chi connectivity index (χ3v) is 7.73. The highest BCUT2D eigenvalue weighted by Gasteiger charge is 2.40. The van der Waals surface area contributed by atoms with Gasteiger partial charge >= 0.3 is 0 Å². The molecule has 2 bridgehead atoms. The van der Waals surface area contributed by atoms with E-state index in [4.69, 9.17) is 9.72 Å². The average molecular weight is 552 g/mol. The van der Waals surface area contributed by atoms with Gasteiger partial charge in [0.05, 0.1) is 11.2 Å². The second-order valence-electron chi connectivity index (χ2n) is 10.3. The van der Waals surface area contributed by atoms with Crippen LogP contribution >= 0.6 is 0 Å². The number of likely N-dealkylation sites (tertiary alicyclic amines) is 1. The van der Waals surface area contributed by atoms with Gasteiger partial charge in [0.15, 0.2) is 17.3 Å². The summed E-state index contributed by atoms with van der Waals surface area (Å²) in [6, 6.07) is 10.7. The van der Waals surface area contributed by atoms with E-state index in [1.165, 1.54) is 18.7 Å². The fraction of sp³-hybridized carbons (Fsp3) is 0.241. The Morgan fingerprint density at radius 3 is 2.90 bits per heavy atom. The summed E-state index contributed by atoms with van der Waals surface area (Å²) >= 11 is 0. The second-order valence-corrected chi connectivity index (χ2v) is 10.3. The summed E-state index contributed by atoms with van der Waals surface area (Å²) in [5.74, 6) is 1.94. The Bertz CT molecular complexity index is 1820. The maximum absolute atomic E-state index is 15.6. The lowest BCUT2D eigenvalue weighted by molar-refractivity contribution is -0.126. The third kappa shape index (κ3) is 4.46. The molecule has 0 aliphatic carbocycles. The van der Waals surface area contributed by atoms with Crippen LogP contribution in [-0.4, -0.2) is 66.0 Å². The van der Waals surface area contributed by atoms with E-state index >= 15 is 4.39 Å². The average Bonchev–Trinajstić information content (AvgIpc) is 3.59. The minimum Gasteiger partial charge on any atom is -0.457 e. The molecule has 0 saturated carbocycles. The van der Waals surface area contributed by atoms with Crippen molar-refractivity contribution in [3.05, 3.63) is 79.3 Å². The van der Waals surface area contributed by atoms with Crippen molar-refractivity contribution in [2.75, 3.05) is 29.9 Å². The Kier molecular flexibility index (Phi) is 5.95. The van der Waals surface area contributed by atoms with Crippen molar-refractivity contribution in [2.24, 2.45) is 5.92 Å². The van der Waals surface area contributed by atoms with Crippen LogP contribution in [0.25, 0.3) is 16.7 Å². The van der Waals surface area contributed by atoms with Gasteiger partial charge in [0.2, 0.25) is 5.91 Å². The molecule has 1 amide bonds. The van der Waals surface area contributed by atoms with Gasteiger partial charge in [0.1, 0.15) is 35.5 Å². The zero-order valence-electron chi connectivity index (χ0n) is 22.2. The number of hydrogen-bond acceptors (Lipinski definition) is 9. The lowest BCUT2D eigenvalue weighted by Crippen LogP contribution is -2.44. The minimum atomic E-state index is -0.464. The smallest absolute Gasteiger partial charge is 0.246 e. The van der Waals surface area contributed by atoms with Crippen molar-refractivity contribution in [3.8, 4) is 11.5 Å². The Balaban J connectivity index is 1.15. The summed E-state index contributed by atoms with van der Waals surface area (Å²) in [5, 5.41) is 7.18. The molecule has 206 valence electrons. The van der Waals surface area contributed by atoms with Gasteiger partial charge in [0.25, 0.3) is 0 Å². The van der Waals surface area contributed by atoms with Gasteiger partial charge in [0, 0.05) is 43.5 Å². The van der Waals surface area contributed by atoms with Gasteiger partial charge in [-0.15, -0.1) is 0 Å². The molecular weight excluding hydrogens is 525 g/mol. The summed E-state index contributed by atoms with van der Waals surface area (Å²) in [6.45, 7) is 7.51. The van der Waals surface area contributed by atoms with E-state index in [0.717, 1.165) is 25.3 Å². The first-order valence-electron chi connectivity index (χ1n) is 13.3. The summed E-state index contributed by atoms with van der Waals surface area (Å²) in [5.41, 5.74) is 2.37. The Labute approximate surface area is 234 Å². The number of carbonyl (C=O) groups excluding carboxylic acids is 1. The predicted octanol–water partition coefficient (Wildman–Crippen LogP) is 4.27. The molecule has 2 atom stereocenters. The van der Waals surface area contributed by atoms with Crippen molar-refractivity contribution in [1.29, 1.82) is 0 Å². The molecule has 2 fully saturated rings. The van der Waals surface area contributed by atoms with Crippen LogP contribution in [0, 0.1) is 18.7 Å². The number of piperidine rings is 1. The second kappa shape index (κ2) is 9.81. The van der Waals surface area contributed by atoms with E-state index in [-0.39, 0.29) is 17.6 Å². The molecule has 6 heterocycles. The standard InChI is InChI=1S/C29H26FN9O2/c1-3-26(40)38-13-18-10-19(38)14-37(12-18)24-7-5-22-28(36-24)29(33-15-31-22)35-21-4-6-23(17(2)27(21)30)41-20-8-9-39-25(11-20)32-16-34-39/h3-9,11,15-16,18-19H,1,10,12-14H2,2H3,(H,31,33,35)/t18-,19+/m1/s1. The molecular formula is C29H26FN9O2. The SMILES string of the molecule is C=CC(=O)N1C[C@@H]2C[C@H]1CN(c1ccc3ncnc(Nc4ccc(Oc5ccn6ncnc6c5)c(C)c4F)c3n1)C2. The zero-order valence-corrected chi connectivity index (χ0v) is 22.2. The van der Waals surface area contributed by atoms with Gasteiger partial charge in [-0.1, -0.05) is 6.58 Å². The van der Waals surface area contributed by atoms with Crippen LogP contribution in [0.5, 0.6) is 11.5 Å². The number of fused-ring (bicyclic) bond motifs is 4. The summed E-state index contributed by atoms with van der Waals surface area (Å²) in [6.07, 6.45) is 6.97. The van der Waals surface area contributed by atoms with E-state index in [0.29, 0.717) is 52.0 Å². The fourth-order valence-corrected chi connectivity index (χ4v) is 5.72. The predicted molar refractivity (Wildman–Crippen MR) is 151 cm³/mol. The number of nitrogens with zero attached hydrogens (tertiary/aromatic N) is 8. The van der Waals surface area contributed by atoms with E-state index in [1.807, 2.05) is 17.0 Å². The maximum atomic E-state index is 15.6. The molecule has 1 aromatic carbocycles. The summed E-state index contributed by atoms with van der Waals surface area (Å²) in [7, 11) is 0. The molecule has 41 heavy (non-hydrogen) atoms. The Morgan fingerprint density at radius 1 is 1.12 bits per heavy atom. The quantitative estimate of drug-likeness (QED) is 0.309. The molecule has 12 heteroatoms. The van der Waals surface area contributed by atoms with Crippen molar-refractivity contribution >= 4 is 39.9 Å². The molecule has 0 radical (unpaired) electrons. The molecule has 2 aliphatic rings. The minimum absolute atomic E-state index is 0.0316. The summed E-state index contributed by atoms with van der Waals surface area (Å²) < 4.78 is 23.1. The zero-order chi connectivity index (χ0) is 28.1. The van der Waals surface area contributed by atoms with Gasteiger partial charge in [-0.25, -0.2) is 28.8 Å². The van der Waals surface area contributed by atoms with Crippen LogP contribution in [0.2, 0.25) is 0 Å². The number of aromatic nitrogens is 6. The number of pyridine rings is 2. The number of amides is 1. The number of rotatable bonds is 6. The number of nitrogens with one attached hydrogen (secondary N) is 1.